The molecule has 0 aliphatic carbocycles. The molecule has 2 aliphatic heterocycles. The number of carbonyl (C=O) groups is 7. The Morgan fingerprint density at radius 3 is 1.99 bits per heavy atom. The number of aryl methyl sites for hydroxylation is 1. The first-order chi connectivity index (χ1) is 54.0. The molecule has 0 fully saturated rings. The van der Waals surface area contributed by atoms with Crippen LogP contribution in [0.15, 0.2) is 83.1 Å². The highest BCUT2D eigenvalue weighted by Crippen LogP contribution is 2.42. The second-order valence-electron chi connectivity index (χ2n) is 26.8. The number of thioether (sulfide) groups is 1. The highest BCUT2D eigenvalue weighted by molar-refractivity contribution is 7.98. The number of nitrogens with two attached hydrogens (primary N) is 1. The molecule has 3 N–H and O–H groups in total. The number of aromatic nitrogens is 7. The Bertz CT molecular complexity index is 4090. The standard InChI is InChI=1S/C80H106N10O20S/c1-6-80(71-48-73-74-69(52-90(73)76(96)70(71)56-108-77(80)97)67(27-29-89(57(2)3)58(4)91)68-19-10-11-20-72(68)85-74)110-79(98)109-53-59-21-23-62(24-22-59)84-75(95)61(16-12-13-28-81)47-66(94)55-107-54-65(93)18-14-31-99-33-35-101-37-39-103-41-43-105-45-46-106-44-42-104-40-38-102-36-34-100-32-30-88-51-63(86-87-88)25-26-64(92)17-9-7-8-15-60-49-82-78(111-5)83-50-60/h10-11,19-24,48-51,57,61H,6-7,9,12-14,16-18,25-47,52-56,81H2,1-5H3,(H,84,95)/t61-,80+/m1/s1. The van der Waals surface area contributed by atoms with Gasteiger partial charge in [-0.2, -0.15) is 0 Å². The molecule has 2 atom stereocenters. The molecule has 30 nitrogen and oxygen atoms in total. The van der Waals surface area contributed by atoms with Crippen molar-refractivity contribution in [1.29, 1.82) is 0 Å². The van der Waals surface area contributed by atoms with Crippen LogP contribution in [-0.2, 0) is 130 Å². The number of hydrogen-bond donors (Lipinski definition) is 2. The number of amides is 2. The van der Waals surface area contributed by atoms with Crippen molar-refractivity contribution < 1.29 is 90.4 Å². The molecule has 6 heterocycles. The molecule has 8 rings (SSSR count). The van der Waals surface area contributed by atoms with E-state index in [1.807, 2.05) is 50.6 Å². The molecule has 2 amide bonds. The number of Topliss-reactive ketones (excluding diaryl/α,β-unsaturated/α-hetero) is 3. The Morgan fingerprint density at radius 2 is 1.36 bits per heavy atom. The van der Waals surface area contributed by atoms with Crippen LogP contribution in [0.3, 0.4) is 0 Å². The van der Waals surface area contributed by atoms with Gasteiger partial charge < -0.3 is 77.4 Å². The van der Waals surface area contributed by atoms with Crippen LogP contribution in [0.25, 0.3) is 22.3 Å². The van der Waals surface area contributed by atoms with Crippen molar-refractivity contribution in [2.75, 3.05) is 144 Å². The second-order valence-corrected chi connectivity index (χ2v) is 27.5. The number of pyridine rings is 2. The number of fused-ring (bicyclic) bond motifs is 5. The van der Waals surface area contributed by atoms with E-state index >= 15 is 0 Å². The Labute approximate surface area is 651 Å². The Balaban J connectivity index is 0.598. The van der Waals surface area contributed by atoms with Crippen LogP contribution >= 0.6 is 11.8 Å². The van der Waals surface area contributed by atoms with Crippen LogP contribution in [0.1, 0.15) is 137 Å². The molecule has 4 aromatic heterocycles. The summed E-state index contributed by atoms with van der Waals surface area (Å²) >= 11 is 1.48. The maximum Gasteiger partial charge on any atom is 0.510 e. The summed E-state index contributed by atoms with van der Waals surface area (Å²) in [4.78, 5) is 121. The van der Waals surface area contributed by atoms with Crippen LogP contribution in [0, 0.1) is 17.8 Å². The fourth-order valence-electron chi connectivity index (χ4n) is 12.5. The Morgan fingerprint density at radius 1 is 0.730 bits per heavy atom. The van der Waals surface area contributed by atoms with E-state index in [2.05, 4.69) is 37.4 Å². The van der Waals surface area contributed by atoms with Gasteiger partial charge in [0.25, 0.3) is 5.56 Å². The summed E-state index contributed by atoms with van der Waals surface area (Å²) in [6, 6.07) is 15.8. The summed E-state index contributed by atoms with van der Waals surface area (Å²) in [5, 5.41) is 12.8. The molecule has 31 heteroatoms. The molecule has 0 radical (unpaired) electrons. The highest BCUT2D eigenvalue weighted by atomic mass is 32.2. The minimum Gasteiger partial charge on any atom is -0.457 e. The van der Waals surface area contributed by atoms with E-state index < -0.39 is 29.2 Å². The summed E-state index contributed by atoms with van der Waals surface area (Å²) in [6.07, 6.45) is 11.4. The largest absolute Gasteiger partial charge is 0.510 e. The molecular formula is C80H106N10O20S. The number of nitrogens with zero attached hydrogens (tertiary/aromatic N) is 8. The first-order valence-corrected chi connectivity index (χ1v) is 39.3. The zero-order chi connectivity index (χ0) is 79.0. The lowest BCUT2D eigenvalue weighted by atomic mass is 9.85. The van der Waals surface area contributed by atoms with Gasteiger partial charge in [0, 0.05) is 105 Å². The fraction of sp³-hybridized carbons (Fsp3) is 0.562. The lowest BCUT2D eigenvalue weighted by molar-refractivity contribution is -0.175. The molecule has 0 spiro atoms. The zero-order valence-electron chi connectivity index (χ0n) is 64.5. The fourth-order valence-corrected chi connectivity index (χ4v) is 12.8. The van der Waals surface area contributed by atoms with E-state index in [1.165, 1.54) is 11.8 Å². The Hall–Kier alpha value is -8.78. The van der Waals surface area contributed by atoms with Crippen molar-refractivity contribution in [2.45, 2.75) is 154 Å². The number of carbonyl (C=O) groups excluding carboxylic acids is 7. The van der Waals surface area contributed by atoms with Gasteiger partial charge in [-0.3, -0.25) is 28.8 Å². The molecule has 0 saturated carbocycles. The summed E-state index contributed by atoms with van der Waals surface area (Å²) in [6.45, 7) is 14.1. The minimum absolute atomic E-state index is 0.0214. The number of para-hydroxylation sites is 1. The monoisotopic (exact) mass is 1560 g/mol. The van der Waals surface area contributed by atoms with Gasteiger partial charge in [0.15, 0.2) is 16.7 Å². The molecular weight excluding hydrogens is 1450 g/mol. The molecule has 2 aliphatic rings. The van der Waals surface area contributed by atoms with Crippen LogP contribution in [0.4, 0.5) is 10.5 Å². The van der Waals surface area contributed by atoms with Gasteiger partial charge in [0.2, 0.25) is 17.4 Å². The van der Waals surface area contributed by atoms with E-state index in [-0.39, 0.29) is 98.6 Å². The van der Waals surface area contributed by atoms with Crippen LogP contribution in [0.5, 0.6) is 0 Å². The molecule has 0 unspecified atom stereocenters. The lowest BCUT2D eigenvalue weighted by Gasteiger charge is -2.35. The summed E-state index contributed by atoms with van der Waals surface area (Å²) in [5.41, 5.74) is 9.64. The molecule has 111 heavy (non-hydrogen) atoms. The van der Waals surface area contributed by atoms with Crippen LogP contribution in [0.2, 0.25) is 0 Å². The van der Waals surface area contributed by atoms with Gasteiger partial charge in [-0.05, 0) is 107 Å². The molecule has 6 aromatic rings. The third-order valence-electron chi connectivity index (χ3n) is 18.4. The van der Waals surface area contributed by atoms with E-state index in [1.54, 1.807) is 70.7 Å². The van der Waals surface area contributed by atoms with Crippen molar-refractivity contribution >= 4 is 69.6 Å². The second kappa shape index (κ2) is 48.2. The van der Waals surface area contributed by atoms with Crippen LogP contribution < -0.4 is 16.6 Å². The topological polar surface area (TPSA) is 363 Å². The SMILES string of the molecule is CC[C@@]1(OC(=O)OCc2ccc(NC(=O)[C@H](CCCCN)CC(=O)COCC(=O)CCCOCCOCCOCCOCCOCCOCCOCCOCCn3cc(CCC(=O)CCCC#Cc4cnc(SC)nc4)nn3)cc2)C(=O)OCc2c1cc1n(c2=O)Cc2c-1nc1ccccc1c2CCN(C(C)=O)C(C)C. The summed E-state index contributed by atoms with van der Waals surface area (Å²) < 4.78 is 70.4. The third kappa shape index (κ3) is 28.7. The summed E-state index contributed by atoms with van der Waals surface area (Å²) in [7, 11) is 0. The number of hydrogen-bond acceptors (Lipinski definition) is 27. The van der Waals surface area contributed by atoms with E-state index in [0.29, 0.717) is 223 Å². The van der Waals surface area contributed by atoms with Crippen molar-refractivity contribution in [2.24, 2.45) is 11.7 Å². The van der Waals surface area contributed by atoms with Crippen LogP contribution in [-0.4, -0.2) is 225 Å². The number of ether oxygens (including phenoxy) is 12. The average Bonchev–Trinajstić information content (AvgIpc) is 1.61. The van der Waals surface area contributed by atoms with Gasteiger partial charge in [-0.1, -0.05) is 72.5 Å². The first kappa shape index (κ1) is 87.8. The van der Waals surface area contributed by atoms with Gasteiger partial charge in [-0.15, -0.1) is 5.10 Å². The number of benzene rings is 2. The maximum atomic E-state index is 14.4. The average molecular weight is 1560 g/mol. The maximum absolute atomic E-state index is 14.4. The smallest absolute Gasteiger partial charge is 0.457 e. The number of ketones is 3. The third-order valence-corrected chi connectivity index (χ3v) is 19.0. The number of nitrogens with one attached hydrogen (secondary N) is 1. The molecule has 0 bridgehead atoms. The van der Waals surface area contributed by atoms with Crippen molar-refractivity contribution in [1.82, 2.24) is 39.4 Å². The number of anilines is 1. The van der Waals surface area contributed by atoms with Crippen molar-refractivity contribution in [3.63, 3.8) is 0 Å². The van der Waals surface area contributed by atoms with Crippen molar-refractivity contribution in [3.05, 3.63) is 123 Å². The van der Waals surface area contributed by atoms with E-state index in [0.717, 1.165) is 27.8 Å². The van der Waals surface area contributed by atoms with Gasteiger partial charge >= 0.3 is 12.1 Å². The number of cyclic esters (lactones) is 1. The van der Waals surface area contributed by atoms with E-state index in [9.17, 15) is 38.4 Å². The molecule has 602 valence electrons. The molecule has 0 saturated heterocycles. The Kier molecular flexibility index (Phi) is 38.1. The number of rotatable bonds is 55. The van der Waals surface area contributed by atoms with Crippen molar-refractivity contribution in [3.8, 4) is 23.2 Å². The number of esters is 1. The quantitative estimate of drug-likeness (QED) is 0.0120. The predicted molar refractivity (Wildman–Crippen MR) is 410 cm³/mol. The van der Waals surface area contributed by atoms with Gasteiger partial charge in [0.1, 0.15) is 32.2 Å². The van der Waals surface area contributed by atoms with Gasteiger partial charge in [-0.25, -0.2) is 29.2 Å². The number of unbranched alkanes of at least 4 members (excludes halogenated alkanes) is 2. The normalized spacial score (nSPS) is 13.8. The first-order valence-electron chi connectivity index (χ1n) is 38.1. The summed E-state index contributed by atoms with van der Waals surface area (Å²) in [5.74, 6) is 3.78. The minimum atomic E-state index is -2.02. The lowest BCUT2D eigenvalue weighted by Crippen LogP contribution is -2.47. The zero-order valence-corrected chi connectivity index (χ0v) is 65.3. The highest BCUT2D eigenvalue weighted by Gasteiger charge is 2.51. The predicted octanol–water partition coefficient (Wildman–Crippen LogP) is 7.91. The van der Waals surface area contributed by atoms with Gasteiger partial charge in [0.05, 0.1) is 146 Å². The molecule has 2 aromatic carbocycles. The van der Waals surface area contributed by atoms with E-state index in [4.69, 9.17) is 67.6 Å².